The maximum absolute atomic E-state index is 12.4. The van der Waals surface area contributed by atoms with Crippen LogP contribution in [0.3, 0.4) is 0 Å². The molecule has 0 aliphatic heterocycles. The molecule has 114 valence electrons. The van der Waals surface area contributed by atoms with E-state index < -0.39 is 5.60 Å². The van der Waals surface area contributed by atoms with E-state index in [-0.39, 0.29) is 19.1 Å². The number of aromatic nitrogens is 1. The summed E-state index contributed by atoms with van der Waals surface area (Å²) in [6, 6.07) is 1.67. The third-order valence-corrected chi connectivity index (χ3v) is 2.70. The second-order valence-electron chi connectivity index (χ2n) is 5.37. The molecule has 0 unspecified atom stereocenters. The van der Waals surface area contributed by atoms with Crippen LogP contribution in [-0.4, -0.2) is 51.3 Å². The number of likely N-dealkylation sites (N-methyl/N-ethyl adjacent to an activating group) is 1. The fourth-order valence-corrected chi connectivity index (χ4v) is 1.82. The predicted molar refractivity (Wildman–Crippen MR) is 80.7 cm³/mol. The van der Waals surface area contributed by atoms with Gasteiger partial charge in [0.05, 0.1) is 17.8 Å². The molecular weight excluding hydrogens is 268 g/mol. The van der Waals surface area contributed by atoms with Crippen molar-refractivity contribution in [3.8, 4) is 11.8 Å². The lowest BCUT2D eigenvalue weighted by Gasteiger charge is -2.28. The van der Waals surface area contributed by atoms with Crippen molar-refractivity contribution in [1.82, 2.24) is 9.88 Å². The summed E-state index contributed by atoms with van der Waals surface area (Å²) >= 11 is 0. The second-order valence-corrected chi connectivity index (χ2v) is 5.37. The summed E-state index contributed by atoms with van der Waals surface area (Å²) in [5.41, 5.74) is 0.128. The number of hydrogen-bond donors (Lipinski definition) is 2. The number of carbonyl (C=O) groups excluding carboxylic acids is 1. The Morgan fingerprint density at radius 2 is 2.14 bits per heavy atom. The number of aliphatic hydroxyl groups is 2. The standard InChI is InChI=1S/C16H22N2O3/c1-4-18(12-16(2,3)21)15(20)14-9-13(10-17-11-14)7-5-6-8-19/h9-11,19,21H,4,6,8,12H2,1-3H3. The highest BCUT2D eigenvalue weighted by Gasteiger charge is 2.22. The van der Waals surface area contributed by atoms with Gasteiger partial charge in [-0.05, 0) is 26.8 Å². The highest BCUT2D eigenvalue weighted by Crippen LogP contribution is 2.10. The summed E-state index contributed by atoms with van der Waals surface area (Å²) in [4.78, 5) is 18.0. The van der Waals surface area contributed by atoms with E-state index in [0.717, 1.165) is 0 Å². The number of nitrogens with zero attached hydrogens (tertiary/aromatic N) is 2. The molecule has 1 aromatic rings. The third kappa shape index (κ3) is 5.94. The lowest BCUT2D eigenvalue weighted by molar-refractivity contribution is 0.0314. The first-order valence-electron chi connectivity index (χ1n) is 6.94. The van der Waals surface area contributed by atoms with Crippen LogP contribution < -0.4 is 0 Å². The fraction of sp³-hybridized carbons (Fsp3) is 0.500. The first kappa shape index (κ1) is 17.2. The molecule has 0 bridgehead atoms. The van der Waals surface area contributed by atoms with Crippen LogP contribution in [0.15, 0.2) is 18.5 Å². The van der Waals surface area contributed by atoms with Gasteiger partial charge < -0.3 is 15.1 Å². The lowest BCUT2D eigenvalue weighted by atomic mass is 10.1. The molecule has 0 saturated carbocycles. The molecule has 2 N–H and O–H groups in total. The molecule has 0 aliphatic carbocycles. The van der Waals surface area contributed by atoms with Crippen LogP contribution in [-0.2, 0) is 0 Å². The van der Waals surface area contributed by atoms with Crippen LogP contribution in [0.4, 0.5) is 0 Å². The highest BCUT2D eigenvalue weighted by molar-refractivity contribution is 5.94. The van der Waals surface area contributed by atoms with Gasteiger partial charge in [0.2, 0.25) is 0 Å². The van der Waals surface area contributed by atoms with Crippen molar-refractivity contribution in [2.75, 3.05) is 19.7 Å². The van der Waals surface area contributed by atoms with Gasteiger partial charge in [-0.1, -0.05) is 11.8 Å². The molecule has 0 spiro atoms. The Morgan fingerprint density at radius 3 is 2.71 bits per heavy atom. The van der Waals surface area contributed by atoms with Crippen molar-refractivity contribution in [1.29, 1.82) is 0 Å². The molecule has 21 heavy (non-hydrogen) atoms. The van der Waals surface area contributed by atoms with Gasteiger partial charge in [0.25, 0.3) is 5.91 Å². The summed E-state index contributed by atoms with van der Waals surface area (Å²) in [7, 11) is 0. The van der Waals surface area contributed by atoms with E-state index in [1.165, 1.54) is 6.20 Å². The quantitative estimate of drug-likeness (QED) is 0.795. The molecule has 1 amide bonds. The molecule has 0 radical (unpaired) electrons. The number of carbonyl (C=O) groups is 1. The van der Waals surface area contributed by atoms with Crippen LogP contribution in [0, 0.1) is 11.8 Å². The summed E-state index contributed by atoms with van der Waals surface area (Å²) < 4.78 is 0. The van der Waals surface area contributed by atoms with E-state index in [1.54, 1.807) is 31.0 Å². The number of pyridine rings is 1. The van der Waals surface area contributed by atoms with Crippen molar-refractivity contribution in [3.63, 3.8) is 0 Å². The number of rotatable bonds is 5. The summed E-state index contributed by atoms with van der Waals surface area (Å²) in [6.07, 6.45) is 3.46. The average molecular weight is 290 g/mol. The van der Waals surface area contributed by atoms with Gasteiger partial charge in [-0.3, -0.25) is 9.78 Å². The predicted octanol–water partition coefficient (Wildman–Crippen LogP) is 1.05. The Hall–Kier alpha value is -1.90. The second kappa shape index (κ2) is 7.77. The topological polar surface area (TPSA) is 73.7 Å². The number of amides is 1. The Labute approximate surface area is 125 Å². The molecule has 1 aromatic heterocycles. The minimum atomic E-state index is -0.947. The number of aliphatic hydroxyl groups excluding tert-OH is 1. The van der Waals surface area contributed by atoms with E-state index in [9.17, 15) is 9.90 Å². The van der Waals surface area contributed by atoms with E-state index >= 15 is 0 Å². The van der Waals surface area contributed by atoms with E-state index in [2.05, 4.69) is 16.8 Å². The van der Waals surface area contributed by atoms with Gasteiger partial charge in [-0.2, -0.15) is 0 Å². The summed E-state index contributed by atoms with van der Waals surface area (Å²) in [5, 5.41) is 18.6. The highest BCUT2D eigenvalue weighted by atomic mass is 16.3. The first-order chi connectivity index (χ1) is 9.87. The monoisotopic (exact) mass is 290 g/mol. The number of hydrogen-bond acceptors (Lipinski definition) is 4. The van der Waals surface area contributed by atoms with Crippen molar-refractivity contribution >= 4 is 5.91 Å². The molecule has 0 aliphatic rings. The van der Waals surface area contributed by atoms with Crippen LogP contribution in [0.1, 0.15) is 43.1 Å². The molecule has 0 fully saturated rings. The van der Waals surface area contributed by atoms with Gasteiger partial charge in [0.15, 0.2) is 0 Å². The van der Waals surface area contributed by atoms with Crippen molar-refractivity contribution < 1.29 is 15.0 Å². The van der Waals surface area contributed by atoms with Crippen LogP contribution >= 0.6 is 0 Å². The molecule has 0 atom stereocenters. The molecule has 0 saturated heterocycles. The van der Waals surface area contributed by atoms with Gasteiger partial charge in [-0.25, -0.2) is 0 Å². The average Bonchev–Trinajstić information content (AvgIpc) is 2.44. The van der Waals surface area contributed by atoms with Crippen molar-refractivity contribution in [2.45, 2.75) is 32.8 Å². The van der Waals surface area contributed by atoms with Gasteiger partial charge in [-0.15, -0.1) is 0 Å². The van der Waals surface area contributed by atoms with Crippen LogP contribution in [0.25, 0.3) is 0 Å². The Kier molecular flexibility index (Phi) is 6.35. The molecule has 5 nitrogen and oxygen atoms in total. The fourth-order valence-electron chi connectivity index (χ4n) is 1.82. The Balaban J connectivity index is 2.91. The Bertz CT molecular complexity index is 538. The van der Waals surface area contributed by atoms with Gasteiger partial charge in [0.1, 0.15) is 0 Å². The van der Waals surface area contributed by atoms with Crippen LogP contribution in [0.5, 0.6) is 0 Å². The smallest absolute Gasteiger partial charge is 0.255 e. The van der Waals surface area contributed by atoms with E-state index in [4.69, 9.17) is 5.11 Å². The van der Waals surface area contributed by atoms with Gasteiger partial charge in [0, 0.05) is 37.5 Å². The molecular formula is C16H22N2O3. The largest absolute Gasteiger partial charge is 0.395 e. The zero-order chi connectivity index (χ0) is 15.9. The summed E-state index contributed by atoms with van der Waals surface area (Å²) in [6.45, 7) is 5.96. The zero-order valence-electron chi connectivity index (χ0n) is 12.8. The Morgan fingerprint density at radius 1 is 1.43 bits per heavy atom. The van der Waals surface area contributed by atoms with E-state index in [1.807, 2.05) is 6.92 Å². The van der Waals surface area contributed by atoms with Crippen molar-refractivity contribution in [3.05, 3.63) is 29.6 Å². The molecule has 5 heteroatoms. The van der Waals surface area contributed by atoms with E-state index in [0.29, 0.717) is 24.1 Å². The first-order valence-corrected chi connectivity index (χ1v) is 6.94. The van der Waals surface area contributed by atoms with Crippen LogP contribution in [0.2, 0.25) is 0 Å². The minimum Gasteiger partial charge on any atom is -0.395 e. The molecule has 0 aromatic carbocycles. The SMILES string of the molecule is CCN(CC(C)(C)O)C(=O)c1cncc(C#CCCO)c1. The molecule has 1 rings (SSSR count). The zero-order valence-corrected chi connectivity index (χ0v) is 12.8. The lowest BCUT2D eigenvalue weighted by Crippen LogP contribution is -2.42. The molecule has 1 heterocycles. The minimum absolute atomic E-state index is 0.00818. The van der Waals surface area contributed by atoms with Gasteiger partial charge >= 0.3 is 0 Å². The maximum atomic E-state index is 12.4. The maximum Gasteiger partial charge on any atom is 0.255 e. The summed E-state index contributed by atoms with van der Waals surface area (Å²) in [5.74, 6) is 5.46. The third-order valence-electron chi connectivity index (χ3n) is 2.70. The van der Waals surface area contributed by atoms with Crippen molar-refractivity contribution in [2.24, 2.45) is 0 Å². The normalized spacial score (nSPS) is 10.7.